The molecule has 0 aliphatic rings. The molecule has 0 amide bonds. The van der Waals surface area contributed by atoms with Gasteiger partial charge in [-0.3, -0.25) is 0 Å². The van der Waals surface area contributed by atoms with Crippen LogP contribution in [0.2, 0.25) is 0 Å². The Labute approximate surface area is 183 Å². The molecular formula is C22H15BrO6S. The van der Waals surface area contributed by atoms with E-state index < -0.39 is 10.9 Å². The number of para-hydroxylation sites is 2. The van der Waals surface area contributed by atoms with Crippen molar-refractivity contribution in [1.29, 1.82) is 0 Å². The van der Waals surface area contributed by atoms with Crippen LogP contribution in [-0.2, 0) is 4.79 Å². The number of benzene rings is 3. The number of methoxy groups -OCH3 is 1. The highest BCUT2D eigenvalue weighted by Gasteiger charge is 2.18. The maximum atomic E-state index is 12.5. The molecule has 6 nitrogen and oxygen atoms in total. The van der Waals surface area contributed by atoms with E-state index in [9.17, 15) is 9.59 Å². The van der Waals surface area contributed by atoms with Crippen LogP contribution in [0.5, 0.6) is 17.2 Å². The van der Waals surface area contributed by atoms with Crippen molar-refractivity contribution in [3.63, 3.8) is 0 Å². The van der Waals surface area contributed by atoms with Gasteiger partial charge in [-0.05, 0) is 42.0 Å². The van der Waals surface area contributed by atoms with Gasteiger partial charge in [0.15, 0.2) is 18.1 Å². The molecule has 0 atom stereocenters. The van der Waals surface area contributed by atoms with Crippen molar-refractivity contribution in [3.05, 3.63) is 74.9 Å². The molecule has 0 fully saturated rings. The van der Waals surface area contributed by atoms with Crippen LogP contribution in [-0.4, -0.2) is 19.7 Å². The largest absolute Gasteiger partial charge is 0.493 e. The van der Waals surface area contributed by atoms with E-state index in [4.69, 9.17) is 18.6 Å². The monoisotopic (exact) mass is 486 g/mol. The Bertz CT molecular complexity index is 1260. The van der Waals surface area contributed by atoms with Gasteiger partial charge in [0, 0.05) is 10.0 Å². The smallest absolute Gasteiger partial charge is 0.396 e. The molecule has 152 valence electrons. The van der Waals surface area contributed by atoms with Gasteiger partial charge < -0.3 is 18.6 Å². The van der Waals surface area contributed by atoms with Gasteiger partial charge in [-0.2, -0.15) is 0 Å². The summed E-state index contributed by atoms with van der Waals surface area (Å²) in [5.41, 5.74) is 1.84. The van der Waals surface area contributed by atoms with Gasteiger partial charge in [0.05, 0.1) is 11.8 Å². The zero-order chi connectivity index (χ0) is 21.1. The molecule has 0 unspecified atom stereocenters. The number of carbonyl (C=O) groups excluding carboxylic acids is 1. The fraction of sp³-hybridized carbons (Fsp3) is 0.0909. The lowest BCUT2D eigenvalue weighted by molar-refractivity contribution is -0.136. The highest BCUT2D eigenvalue weighted by Crippen LogP contribution is 2.39. The zero-order valence-electron chi connectivity index (χ0n) is 15.7. The highest BCUT2D eigenvalue weighted by molar-refractivity contribution is 9.10. The molecule has 30 heavy (non-hydrogen) atoms. The van der Waals surface area contributed by atoms with Gasteiger partial charge >= 0.3 is 10.9 Å². The van der Waals surface area contributed by atoms with Crippen molar-refractivity contribution in [2.45, 2.75) is 0 Å². The molecule has 0 saturated heterocycles. The molecule has 4 aromatic rings. The predicted octanol–water partition coefficient (Wildman–Crippen LogP) is 5.28. The maximum absolute atomic E-state index is 12.5. The number of carbonyl (C=O) groups is 1. The third-order valence-electron chi connectivity index (χ3n) is 4.23. The molecule has 0 saturated carbocycles. The summed E-state index contributed by atoms with van der Waals surface area (Å²) in [6, 6.07) is 17.7. The Morgan fingerprint density at radius 2 is 1.73 bits per heavy atom. The quantitative estimate of drug-likeness (QED) is 0.272. The Hall–Kier alpha value is -3.10. The van der Waals surface area contributed by atoms with Crippen molar-refractivity contribution in [2.75, 3.05) is 13.7 Å². The molecule has 1 heterocycles. The van der Waals surface area contributed by atoms with Crippen molar-refractivity contribution in [2.24, 2.45) is 0 Å². The van der Waals surface area contributed by atoms with E-state index in [1.54, 1.807) is 36.4 Å². The summed E-state index contributed by atoms with van der Waals surface area (Å²) < 4.78 is 23.1. The second kappa shape index (κ2) is 8.73. The number of hydrogen-bond acceptors (Lipinski definition) is 7. The Kier molecular flexibility index (Phi) is 5.87. The van der Waals surface area contributed by atoms with Crippen LogP contribution in [0.1, 0.15) is 0 Å². The third kappa shape index (κ3) is 4.24. The number of esters is 1. The number of rotatable bonds is 6. The average Bonchev–Trinajstić information content (AvgIpc) is 3.13. The molecule has 3 aromatic carbocycles. The summed E-state index contributed by atoms with van der Waals surface area (Å²) in [4.78, 5) is 23.8. The van der Waals surface area contributed by atoms with E-state index in [2.05, 4.69) is 15.9 Å². The van der Waals surface area contributed by atoms with Crippen molar-refractivity contribution in [3.8, 4) is 28.4 Å². The Morgan fingerprint density at radius 1 is 1.00 bits per heavy atom. The number of ether oxygens (including phenoxy) is 3. The average molecular weight is 487 g/mol. The molecule has 0 bridgehead atoms. The van der Waals surface area contributed by atoms with E-state index in [0.717, 1.165) is 21.4 Å². The minimum Gasteiger partial charge on any atom is -0.493 e. The summed E-state index contributed by atoms with van der Waals surface area (Å²) >= 11 is 4.37. The fourth-order valence-electron chi connectivity index (χ4n) is 2.92. The van der Waals surface area contributed by atoms with E-state index >= 15 is 0 Å². The minimum atomic E-state index is -0.588. The normalized spacial score (nSPS) is 10.7. The number of hydrogen-bond donors (Lipinski definition) is 0. The van der Waals surface area contributed by atoms with Crippen molar-refractivity contribution in [1.82, 2.24) is 0 Å². The maximum Gasteiger partial charge on any atom is 0.396 e. The number of fused-ring (bicyclic) bond motifs is 1. The van der Waals surface area contributed by atoms with Crippen LogP contribution in [0, 0.1) is 0 Å². The van der Waals surface area contributed by atoms with Crippen LogP contribution < -0.4 is 19.1 Å². The number of halogens is 1. The molecule has 0 aliphatic carbocycles. The molecule has 0 N–H and O–H groups in total. The molecule has 1 aromatic heterocycles. The first-order valence-corrected chi connectivity index (χ1v) is 10.4. The van der Waals surface area contributed by atoms with Crippen molar-refractivity contribution < 1.29 is 23.4 Å². The summed E-state index contributed by atoms with van der Waals surface area (Å²) in [5, 5.41) is 0. The van der Waals surface area contributed by atoms with Crippen LogP contribution in [0.25, 0.3) is 21.4 Å². The topological polar surface area (TPSA) is 75.0 Å². The lowest BCUT2D eigenvalue weighted by atomic mass is 10.0. The summed E-state index contributed by atoms with van der Waals surface area (Å²) in [6.45, 7) is -0.306. The van der Waals surface area contributed by atoms with Crippen LogP contribution in [0.3, 0.4) is 0 Å². The fourth-order valence-corrected chi connectivity index (χ4v) is 4.02. The second-order valence-corrected chi connectivity index (χ2v) is 8.00. The highest BCUT2D eigenvalue weighted by atomic mass is 79.9. The lowest BCUT2D eigenvalue weighted by Gasteiger charge is -2.13. The van der Waals surface area contributed by atoms with Gasteiger partial charge in [-0.15, -0.1) is 0 Å². The standard InChI is InChI=1S/C22H15BrO6S/c1-26-15-4-2-3-5-16(15)27-12-19(24)28-17-10-11-18-21(30-22(25)29-18)20(17)13-6-8-14(23)9-7-13/h2-11H,12H2,1H3. The molecule has 4 rings (SSSR count). The van der Waals surface area contributed by atoms with Gasteiger partial charge in [-0.25, -0.2) is 9.59 Å². The van der Waals surface area contributed by atoms with Crippen LogP contribution in [0.15, 0.2) is 74.3 Å². The predicted molar refractivity (Wildman–Crippen MR) is 118 cm³/mol. The molecule has 8 heteroatoms. The minimum absolute atomic E-state index is 0.306. The van der Waals surface area contributed by atoms with Crippen molar-refractivity contribution >= 4 is 43.5 Å². The van der Waals surface area contributed by atoms with E-state index in [-0.39, 0.29) is 6.61 Å². The van der Waals surface area contributed by atoms with E-state index in [1.165, 1.54) is 7.11 Å². The summed E-state index contributed by atoms with van der Waals surface area (Å²) in [7, 11) is 1.52. The first-order valence-electron chi connectivity index (χ1n) is 8.84. The summed E-state index contributed by atoms with van der Waals surface area (Å²) in [5.74, 6) is 0.684. The summed E-state index contributed by atoms with van der Waals surface area (Å²) in [6.07, 6.45) is 0. The van der Waals surface area contributed by atoms with E-state index in [0.29, 0.717) is 33.1 Å². The second-order valence-electron chi connectivity index (χ2n) is 6.14. The van der Waals surface area contributed by atoms with Gasteiger partial charge in [-0.1, -0.05) is 51.5 Å². The first-order chi connectivity index (χ1) is 14.5. The van der Waals surface area contributed by atoms with Crippen LogP contribution >= 0.6 is 27.3 Å². The lowest BCUT2D eigenvalue weighted by Crippen LogP contribution is -2.18. The third-order valence-corrected chi connectivity index (χ3v) is 5.62. The zero-order valence-corrected chi connectivity index (χ0v) is 18.1. The molecular weight excluding hydrogens is 472 g/mol. The van der Waals surface area contributed by atoms with Crippen LogP contribution in [0.4, 0.5) is 0 Å². The van der Waals surface area contributed by atoms with Gasteiger partial charge in [0.2, 0.25) is 0 Å². The Morgan fingerprint density at radius 3 is 2.47 bits per heavy atom. The first kappa shape index (κ1) is 20.2. The van der Waals surface area contributed by atoms with Gasteiger partial charge in [0.1, 0.15) is 11.3 Å². The van der Waals surface area contributed by atoms with E-state index in [1.807, 2.05) is 24.3 Å². The molecule has 0 radical (unpaired) electrons. The SMILES string of the molecule is COc1ccccc1OCC(=O)Oc1ccc2oc(=O)sc2c1-c1ccc(Br)cc1. The van der Waals surface area contributed by atoms with Gasteiger partial charge in [0.25, 0.3) is 0 Å². The Balaban J connectivity index is 1.63. The molecule has 0 spiro atoms. The molecule has 0 aliphatic heterocycles.